The van der Waals surface area contributed by atoms with Gasteiger partial charge in [-0.25, -0.2) is 0 Å². The summed E-state index contributed by atoms with van der Waals surface area (Å²) in [6, 6.07) is 0. The van der Waals surface area contributed by atoms with Gasteiger partial charge in [-0.3, -0.25) is 4.79 Å². The van der Waals surface area contributed by atoms with E-state index in [1.807, 2.05) is 6.08 Å². The molecule has 0 aromatic heterocycles. The molecule has 1 heterocycles. The van der Waals surface area contributed by atoms with Gasteiger partial charge in [0.05, 0.1) is 6.10 Å². The summed E-state index contributed by atoms with van der Waals surface area (Å²) in [5.74, 6) is -0.0202. The van der Waals surface area contributed by atoms with Crippen molar-refractivity contribution < 1.29 is 9.53 Å². The molecule has 0 aromatic rings. The standard InChI is InChI=1S/C15H25NO2/c1-2-3-4-5-6-7-10-15(17)16-12-11-14-9-8-13-18-14/h5-7,10,14H,2-4,8-9,11-13H2,1H3,(H,16,17)/b6-5+,10-7+. The van der Waals surface area contributed by atoms with E-state index in [1.54, 1.807) is 12.2 Å². The summed E-state index contributed by atoms with van der Waals surface area (Å²) in [6.45, 7) is 3.75. The largest absolute Gasteiger partial charge is 0.378 e. The number of nitrogens with one attached hydrogen (secondary N) is 1. The highest BCUT2D eigenvalue weighted by Gasteiger charge is 2.14. The maximum Gasteiger partial charge on any atom is 0.243 e. The summed E-state index contributed by atoms with van der Waals surface area (Å²) in [6.07, 6.45) is 14.5. The highest BCUT2D eigenvalue weighted by Crippen LogP contribution is 2.14. The number of carbonyl (C=O) groups excluding carboxylic acids is 1. The van der Waals surface area contributed by atoms with Gasteiger partial charge in [-0.05, 0) is 25.7 Å². The lowest BCUT2D eigenvalue weighted by Gasteiger charge is -2.08. The van der Waals surface area contributed by atoms with Gasteiger partial charge in [-0.15, -0.1) is 0 Å². The third kappa shape index (κ3) is 7.28. The number of allylic oxidation sites excluding steroid dienone is 3. The second-order valence-electron chi connectivity index (χ2n) is 4.64. The second-order valence-corrected chi connectivity index (χ2v) is 4.64. The number of ether oxygens (including phenoxy) is 1. The van der Waals surface area contributed by atoms with E-state index >= 15 is 0 Å². The lowest BCUT2D eigenvalue weighted by Crippen LogP contribution is -2.25. The number of rotatable bonds is 8. The van der Waals surface area contributed by atoms with Crippen molar-refractivity contribution in [3.63, 3.8) is 0 Å². The Morgan fingerprint density at radius 1 is 1.44 bits per heavy atom. The first-order valence-corrected chi connectivity index (χ1v) is 7.05. The van der Waals surface area contributed by atoms with E-state index in [0.717, 1.165) is 32.3 Å². The maximum atomic E-state index is 11.4. The summed E-state index contributed by atoms with van der Waals surface area (Å²) in [5, 5.41) is 2.87. The van der Waals surface area contributed by atoms with Crippen LogP contribution >= 0.6 is 0 Å². The summed E-state index contributed by atoms with van der Waals surface area (Å²) >= 11 is 0. The minimum atomic E-state index is -0.0202. The number of hydrogen-bond acceptors (Lipinski definition) is 2. The van der Waals surface area contributed by atoms with Gasteiger partial charge in [0.2, 0.25) is 5.91 Å². The fourth-order valence-electron chi connectivity index (χ4n) is 1.93. The Bertz CT molecular complexity index is 278. The van der Waals surface area contributed by atoms with E-state index in [1.165, 1.54) is 12.8 Å². The SMILES string of the molecule is CCCC/C=C/C=C/C(=O)NCCC1CCCO1. The summed E-state index contributed by atoms with van der Waals surface area (Å²) in [7, 11) is 0. The van der Waals surface area contributed by atoms with Gasteiger partial charge in [0.25, 0.3) is 0 Å². The number of unbranched alkanes of at least 4 members (excludes halogenated alkanes) is 2. The molecule has 3 heteroatoms. The fraction of sp³-hybridized carbons (Fsp3) is 0.667. The van der Waals surface area contributed by atoms with E-state index in [9.17, 15) is 4.79 Å². The van der Waals surface area contributed by atoms with E-state index in [2.05, 4.69) is 18.3 Å². The molecule has 3 nitrogen and oxygen atoms in total. The van der Waals surface area contributed by atoms with Crippen LogP contribution in [0.25, 0.3) is 0 Å². The quantitative estimate of drug-likeness (QED) is 0.409. The second kappa shape index (κ2) is 9.89. The molecule has 1 aliphatic heterocycles. The Labute approximate surface area is 110 Å². The van der Waals surface area contributed by atoms with Crippen molar-refractivity contribution in [1.29, 1.82) is 0 Å². The van der Waals surface area contributed by atoms with Crippen LogP contribution in [0.1, 0.15) is 45.4 Å². The van der Waals surface area contributed by atoms with Crippen molar-refractivity contribution in [2.24, 2.45) is 0 Å². The highest BCUT2D eigenvalue weighted by atomic mass is 16.5. The molecule has 0 aliphatic carbocycles. The van der Waals surface area contributed by atoms with Crippen LogP contribution in [-0.4, -0.2) is 25.2 Å². The van der Waals surface area contributed by atoms with Gasteiger partial charge in [-0.1, -0.05) is 38.0 Å². The third-order valence-electron chi connectivity index (χ3n) is 3.01. The molecular weight excluding hydrogens is 226 g/mol. The van der Waals surface area contributed by atoms with E-state index < -0.39 is 0 Å². The lowest BCUT2D eigenvalue weighted by atomic mass is 10.2. The van der Waals surface area contributed by atoms with Crippen molar-refractivity contribution in [2.45, 2.75) is 51.6 Å². The molecule has 0 spiro atoms. The normalized spacial score (nSPS) is 19.9. The molecule has 0 radical (unpaired) electrons. The molecular formula is C15H25NO2. The molecule has 102 valence electrons. The predicted molar refractivity (Wildman–Crippen MR) is 74.4 cm³/mol. The first-order valence-electron chi connectivity index (χ1n) is 7.05. The first-order chi connectivity index (χ1) is 8.83. The van der Waals surface area contributed by atoms with Crippen LogP contribution < -0.4 is 5.32 Å². The molecule has 1 atom stereocenters. The van der Waals surface area contributed by atoms with Crippen LogP contribution in [0.15, 0.2) is 24.3 Å². The van der Waals surface area contributed by atoms with Crippen LogP contribution in [0.4, 0.5) is 0 Å². The monoisotopic (exact) mass is 251 g/mol. The highest BCUT2D eigenvalue weighted by molar-refractivity contribution is 5.87. The summed E-state index contributed by atoms with van der Waals surface area (Å²) in [4.78, 5) is 11.4. The van der Waals surface area contributed by atoms with Gasteiger partial charge < -0.3 is 10.1 Å². The molecule has 0 saturated carbocycles. The van der Waals surface area contributed by atoms with Gasteiger partial charge in [0, 0.05) is 19.2 Å². The molecule has 0 bridgehead atoms. The van der Waals surface area contributed by atoms with Crippen molar-refractivity contribution in [3.05, 3.63) is 24.3 Å². The summed E-state index contributed by atoms with van der Waals surface area (Å²) in [5.41, 5.74) is 0. The minimum absolute atomic E-state index is 0.0202. The number of amides is 1. The van der Waals surface area contributed by atoms with Crippen molar-refractivity contribution in [3.8, 4) is 0 Å². The van der Waals surface area contributed by atoms with Crippen LogP contribution in [0.3, 0.4) is 0 Å². The predicted octanol–water partition coefficient (Wildman–Crippen LogP) is 2.97. The summed E-state index contributed by atoms with van der Waals surface area (Å²) < 4.78 is 5.49. The van der Waals surface area contributed by atoms with Gasteiger partial charge >= 0.3 is 0 Å². The van der Waals surface area contributed by atoms with Gasteiger partial charge in [-0.2, -0.15) is 0 Å². The molecule has 1 fully saturated rings. The van der Waals surface area contributed by atoms with E-state index in [-0.39, 0.29) is 5.91 Å². The lowest BCUT2D eigenvalue weighted by molar-refractivity contribution is -0.116. The molecule has 1 N–H and O–H groups in total. The zero-order valence-electron chi connectivity index (χ0n) is 11.4. The zero-order valence-corrected chi connectivity index (χ0v) is 11.4. The maximum absolute atomic E-state index is 11.4. The Morgan fingerprint density at radius 3 is 3.06 bits per heavy atom. The molecule has 18 heavy (non-hydrogen) atoms. The van der Waals surface area contributed by atoms with E-state index in [0.29, 0.717) is 12.6 Å². The molecule has 1 aliphatic rings. The molecule has 0 aromatic carbocycles. The van der Waals surface area contributed by atoms with Gasteiger partial charge in [0.15, 0.2) is 0 Å². The van der Waals surface area contributed by atoms with Crippen LogP contribution in [-0.2, 0) is 9.53 Å². The first kappa shape index (κ1) is 15.0. The third-order valence-corrected chi connectivity index (χ3v) is 3.01. The molecule has 1 saturated heterocycles. The van der Waals surface area contributed by atoms with Crippen molar-refractivity contribution >= 4 is 5.91 Å². The Morgan fingerprint density at radius 2 is 2.33 bits per heavy atom. The number of hydrogen-bond donors (Lipinski definition) is 1. The van der Waals surface area contributed by atoms with Crippen LogP contribution in [0.5, 0.6) is 0 Å². The van der Waals surface area contributed by atoms with Crippen molar-refractivity contribution in [1.82, 2.24) is 5.32 Å². The van der Waals surface area contributed by atoms with Crippen molar-refractivity contribution in [2.75, 3.05) is 13.2 Å². The van der Waals surface area contributed by atoms with Crippen LogP contribution in [0, 0.1) is 0 Å². The average Bonchev–Trinajstić information content (AvgIpc) is 2.87. The van der Waals surface area contributed by atoms with E-state index in [4.69, 9.17) is 4.74 Å². The smallest absolute Gasteiger partial charge is 0.243 e. The molecule has 1 amide bonds. The van der Waals surface area contributed by atoms with Crippen LogP contribution in [0.2, 0.25) is 0 Å². The average molecular weight is 251 g/mol. The Balaban J connectivity index is 2.01. The number of carbonyl (C=O) groups is 1. The molecule has 1 rings (SSSR count). The Hall–Kier alpha value is -1.09. The zero-order chi connectivity index (χ0) is 13.1. The molecule has 1 unspecified atom stereocenters. The minimum Gasteiger partial charge on any atom is -0.378 e. The fourth-order valence-corrected chi connectivity index (χ4v) is 1.93. The van der Waals surface area contributed by atoms with Gasteiger partial charge in [0.1, 0.15) is 0 Å². The Kier molecular flexibility index (Phi) is 8.23. The topological polar surface area (TPSA) is 38.3 Å².